The van der Waals surface area contributed by atoms with Crippen LogP contribution in [-0.2, 0) is 9.84 Å². The quantitative estimate of drug-likeness (QED) is 0.826. The van der Waals surface area contributed by atoms with Crippen LogP contribution in [0.15, 0.2) is 17.0 Å². The van der Waals surface area contributed by atoms with Crippen LogP contribution in [0, 0.1) is 5.92 Å². The zero-order valence-corrected chi connectivity index (χ0v) is 13.1. The monoisotopic (exact) mass is 372 g/mol. The molecule has 134 valence electrons. The van der Waals surface area contributed by atoms with Crippen LogP contribution in [0.4, 0.5) is 22.0 Å². The molecule has 0 amide bonds. The second-order valence-electron chi connectivity index (χ2n) is 6.07. The highest BCUT2D eigenvalue weighted by atomic mass is 32.2. The molecule has 1 aromatic carbocycles. The minimum absolute atomic E-state index is 0.422. The molecule has 2 aliphatic carbocycles. The molecule has 0 spiro atoms. The Hall–Kier alpha value is -1.42. The van der Waals surface area contributed by atoms with Gasteiger partial charge in [0.1, 0.15) is 11.9 Å². The van der Waals surface area contributed by atoms with Crippen molar-refractivity contribution in [2.75, 3.05) is 12.9 Å². The first-order chi connectivity index (χ1) is 10.9. The summed E-state index contributed by atoms with van der Waals surface area (Å²) in [7, 11) is -4.02. The summed E-state index contributed by atoms with van der Waals surface area (Å²) >= 11 is 0. The second kappa shape index (κ2) is 5.04. The molecule has 1 saturated carbocycles. The zero-order valence-electron chi connectivity index (χ0n) is 12.3. The minimum Gasteiger partial charge on any atom is -0.493 e. The van der Waals surface area contributed by atoms with E-state index in [-0.39, 0.29) is 0 Å². The molecule has 1 N–H and O–H groups in total. The molecule has 0 saturated heterocycles. The van der Waals surface area contributed by atoms with Gasteiger partial charge in [-0.05, 0) is 12.1 Å². The molecule has 3 atom stereocenters. The van der Waals surface area contributed by atoms with Crippen molar-refractivity contribution < 1.29 is 40.2 Å². The van der Waals surface area contributed by atoms with Gasteiger partial charge in [0, 0.05) is 23.8 Å². The SMILES string of the molecule is CS(=O)(=O)c1ccc(OCC2CC2(F)F)c2c1[C@H](O)C(F)(F)[C@@H]2F. The van der Waals surface area contributed by atoms with E-state index in [4.69, 9.17) is 4.74 Å². The second-order valence-corrected chi connectivity index (χ2v) is 8.06. The summed E-state index contributed by atoms with van der Waals surface area (Å²) in [5.41, 5.74) is -1.59. The molecule has 4 nitrogen and oxygen atoms in total. The lowest BCUT2D eigenvalue weighted by molar-refractivity contribution is -0.144. The van der Waals surface area contributed by atoms with Gasteiger partial charge >= 0.3 is 5.92 Å². The number of fused-ring (bicyclic) bond motifs is 1. The fourth-order valence-electron chi connectivity index (χ4n) is 2.75. The Morgan fingerprint density at radius 1 is 1.25 bits per heavy atom. The number of halogens is 5. The zero-order chi connectivity index (χ0) is 18.1. The van der Waals surface area contributed by atoms with Gasteiger partial charge in [0.2, 0.25) is 0 Å². The van der Waals surface area contributed by atoms with Crippen LogP contribution in [0.2, 0.25) is 0 Å². The van der Waals surface area contributed by atoms with E-state index in [1.807, 2.05) is 0 Å². The van der Waals surface area contributed by atoms with Crippen molar-refractivity contribution in [3.8, 4) is 5.75 Å². The van der Waals surface area contributed by atoms with Gasteiger partial charge in [0.25, 0.3) is 5.92 Å². The fourth-order valence-corrected chi connectivity index (χ4v) is 3.69. The van der Waals surface area contributed by atoms with E-state index in [0.717, 1.165) is 18.4 Å². The van der Waals surface area contributed by atoms with Crippen LogP contribution in [0.5, 0.6) is 5.75 Å². The van der Waals surface area contributed by atoms with Crippen molar-refractivity contribution >= 4 is 9.84 Å². The largest absolute Gasteiger partial charge is 0.493 e. The number of hydrogen-bond acceptors (Lipinski definition) is 4. The molecule has 0 heterocycles. The van der Waals surface area contributed by atoms with Crippen LogP contribution in [0.25, 0.3) is 0 Å². The molecule has 0 bridgehead atoms. The Kier molecular flexibility index (Phi) is 3.66. The molecule has 24 heavy (non-hydrogen) atoms. The van der Waals surface area contributed by atoms with Gasteiger partial charge < -0.3 is 9.84 Å². The molecule has 0 aromatic heterocycles. The first kappa shape index (κ1) is 17.4. The summed E-state index contributed by atoms with van der Waals surface area (Å²) in [6, 6.07) is 1.84. The van der Waals surface area contributed by atoms with Crippen LogP contribution in [-0.4, -0.2) is 38.2 Å². The number of benzene rings is 1. The third kappa shape index (κ3) is 2.55. The third-order valence-electron chi connectivity index (χ3n) is 4.23. The molecule has 0 radical (unpaired) electrons. The Bertz CT molecular complexity index is 793. The fraction of sp³-hybridized carbons (Fsp3) is 0.571. The number of ether oxygens (including phenoxy) is 1. The lowest BCUT2D eigenvalue weighted by atomic mass is 10.1. The average molecular weight is 372 g/mol. The van der Waals surface area contributed by atoms with Crippen molar-refractivity contribution in [2.45, 2.75) is 35.4 Å². The third-order valence-corrected chi connectivity index (χ3v) is 5.39. The van der Waals surface area contributed by atoms with Crippen LogP contribution >= 0.6 is 0 Å². The van der Waals surface area contributed by atoms with E-state index in [0.29, 0.717) is 0 Å². The maximum Gasteiger partial charge on any atom is 0.312 e. The van der Waals surface area contributed by atoms with Crippen molar-refractivity contribution in [3.63, 3.8) is 0 Å². The molecule has 0 aliphatic heterocycles. The Balaban J connectivity index is 2.05. The summed E-state index contributed by atoms with van der Waals surface area (Å²) in [5, 5.41) is 9.69. The smallest absolute Gasteiger partial charge is 0.312 e. The first-order valence-electron chi connectivity index (χ1n) is 6.94. The first-order valence-corrected chi connectivity index (χ1v) is 8.84. The predicted octanol–water partition coefficient (Wildman–Crippen LogP) is 2.82. The van der Waals surface area contributed by atoms with Crippen molar-refractivity contribution in [3.05, 3.63) is 23.3 Å². The van der Waals surface area contributed by atoms with Crippen molar-refractivity contribution in [1.29, 1.82) is 0 Å². The molecular weight excluding hydrogens is 359 g/mol. The van der Waals surface area contributed by atoms with Gasteiger partial charge in [-0.25, -0.2) is 21.6 Å². The normalized spacial score (nSPS) is 30.0. The van der Waals surface area contributed by atoms with Crippen molar-refractivity contribution in [1.82, 2.24) is 0 Å². The summed E-state index contributed by atoms with van der Waals surface area (Å²) in [6.45, 7) is -0.522. The van der Waals surface area contributed by atoms with E-state index in [9.17, 15) is 35.5 Å². The van der Waals surface area contributed by atoms with Crippen LogP contribution in [0.1, 0.15) is 29.8 Å². The van der Waals surface area contributed by atoms with Gasteiger partial charge in [-0.3, -0.25) is 0 Å². The molecule has 2 aliphatic rings. The maximum absolute atomic E-state index is 14.1. The van der Waals surface area contributed by atoms with Gasteiger partial charge in [0.15, 0.2) is 16.0 Å². The van der Waals surface area contributed by atoms with Gasteiger partial charge in [-0.2, -0.15) is 8.78 Å². The summed E-state index contributed by atoms with van der Waals surface area (Å²) in [6.07, 6.45) is -5.37. The molecular formula is C14H13F5O4S. The number of aliphatic hydroxyl groups is 1. The van der Waals surface area contributed by atoms with E-state index >= 15 is 0 Å². The number of aliphatic hydroxyl groups excluding tert-OH is 1. The number of alkyl halides is 5. The summed E-state index contributed by atoms with van der Waals surface area (Å²) < 4.78 is 95.9. The van der Waals surface area contributed by atoms with Gasteiger partial charge in [-0.1, -0.05) is 0 Å². The molecule has 3 rings (SSSR count). The predicted molar refractivity (Wildman–Crippen MR) is 71.9 cm³/mol. The minimum atomic E-state index is -4.25. The van der Waals surface area contributed by atoms with E-state index in [1.165, 1.54) is 0 Å². The Morgan fingerprint density at radius 3 is 2.33 bits per heavy atom. The highest BCUT2D eigenvalue weighted by Crippen LogP contribution is 2.57. The van der Waals surface area contributed by atoms with Crippen molar-refractivity contribution in [2.24, 2.45) is 5.92 Å². The van der Waals surface area contributed by atoms with Gasteiger partial charge in [0.05, 0.1) is 17.4 Å². The van der Waals surface area contributed by atoms with E-state index in [2.05, 4.69) is 0 Å². The lowest BCUT2D eigenvalue weighted by Crippen LogP contribution is -2.24. The molecule has 1 fully saturated rings. The average Bonchev–Trinajstić information content (AvgIpc) is 3.03. The molecule has 10 heteroatoms. The number of rotatable bonds is 4. The Labute approximate surface area is 134 Å². The van der Waals surface area contributed by atoms with Crippen LogP contribution in [0.3, 0.4) is 0 Å². The van der Waals surface area contributed by atoms with E-state index in [1.54, 1.807) is 0 Å². The molecule has 1 aromatic rings. The topological polar surface area (TPSA) is 63.6 Å². The number of hydrogen-bond donors (Lipinski definition) is 1. The van der Waals surface area contributed by atoms with E-state index < -0.39 is 74.7 Å². The number of sulfone groups is 1. The standard InChI is InChI=1S/C14H13F5O4S/c1-24(21,22)8-3-2-7(23-5-6-4-13(6,16)17)9-10(8)12(20)14(18,19)11(9)15/h2-3,6,11-12,20H,4-5H2,1H3/t6?,11-,12+/m1/s1. The summed E-state index contributed by atoms with van der Waals surface area (Å²) in [5.74, 6) is -8.73. The molecule has 1 unspecified atom stereocenters. The Morgan fingerprint density at radius 2 is 1.83 bits per heavy atom. The van der Waals surface area contributed by atoms with Crippen LogP contribution < -0.4 is 4.74 Å². The lowest BCUT2D eigenvalue weighted by Gasteiger charge is -2.16. The van der Waals surface area contributed by atoms with Gasteiger partial charge in [-0.15, -0.1) is 0 Å². The highest BCUT2D eigenvalue weighted by molar-refractivity contribution is 7.90. The summed E-state index contributed by atoms with van der Waals surface area (Å²) in [4.78, 5) is -0.645. The highest BCUT2D eigenvalue weighted by Gasteiger charge is 2.60. The maximum atomic E-state index is 14.1.